The Balaban J connectivity index is 3.16. The maximum atomic E-state index is 10.8. The molecule has 0 aliphatic rings. The molecule has 3 N–H and O–H groups in total. The van der Waals surface area contributed by atoms with Gasteiger partial charge in [0.2, 0.25) is 0 Å². The Bertz CT molecular complexity index is 391. The number of carbonyl (C=O) groups excluding carboxylic acids is 1. The molecule has 1 aromatic rings. The van der Waals surface area contributed by atoms with Crippen LogP contribution in [-0.2, 0) is 4.74 Å². The Morgan fingerprint density at radius 3 is 2.41 bits per heavy atom. The average Bonchev–Trinajstić information content (AvgIpc) is 2.26. The number of benzene rings is 1. The number of primary amides is 1. The van der Waals surface area contributed by atoms with Gasteiger partial charge >= 0.3 is 6.09 Å². The van der Waals surface area contributed by atoms with Gasteiger partial charge in [0.05, 0.1) is 6.10 Å². The maximum Gasteiger partial charge on any atom is 0.405 e. The summed E-state index contributed by atoms with van der Waals surface area (Å²) in [6.45, 7) is 1.74. The molecule has 6 heteroatoms. The zero-order valence-corrected chi connectivity index (χ0v) is 10.7. The van der Waals surface area contributed by atoms with Crippen molar-refractivity contribution in [3.63, 3.8) is 0 Å². The molecule has 0 saturated carbocycles. The van der Waals surface area contributed by atoms with Crippen LogP contribution in [0.4, 0.5) is 4.79 Å². The van der Waals surface area contributed by atoms with Gasteiger partial charge in [-0.2, -0.15) is 0 Å². The van der Waals surface area contributed by atoms with Gasteiger partial charge in [-0.05, 0) is 18.6 Å². The topological polar surface area (TPSA) is 72.6 Å². The molecule has 94 valence electrons. The Labute approximate surface area is 109 Å². The second-order valence-corrected chi connectivity index (χ2v) is 4.28. The number of nitrogens with two attached hydrogens (primary N) is 1. The van der Waals surface area contributed by atoms with E-state index >= 15 is 0 Å². The van der Waals surface area contributed by atoms with Crippen LogP contribution in [-0.4, -0.2) is 17.3 Å². The lowest BCUT2D eigenvalue weighted by atomic mass is 10.0. The summed E-state index contributed by atoms with van der Waals surface area (Å²) in [5, 5.41) is 10.5. The number of aliphatic hydroxyl groups excluding tert-OH is 1. The monoisotopic (exact) mass is 277 g/mol. The van der Waals surface area contributed by atoms with Gasteiger partial charge in [0.15, 0.2) is 6.10 Å². The quantitative estimate of drug-likeness (QED) is 0.889. The van der Waals surface area contributed by atoms with Crippen LogP contribution in [0.3, 0.4) is 0 Å². The number of amides is 1. The zero-order valence-electron chi connectivity index (χ0n) is 9.19. The van der Waals surface area contributed by atoms with Crippen molar-refractivity contribution in [3.8, 4) is 0 Å². The number of carbonyl (C=O) groups is 1. The highest BCUT2D eigenvalue weighted by atomic mass is 35.5. The normalized spacial score (nSPS) is 14.1. The van der Waals surface area contributed by atoms with Gasteiger partial charge in [-0.1, -0.05) is 36.2 Å². The van der Waals surface area contributed by atoms with Gasteiger partial charge in [0.1, 0.15) is 0 Å². The average molecular weight is 278 g/mol. The summed E-state index contributed by atoms with van der Waals surface area (Å²) in [7, 11) is 0. The van der Waals surface area contributed by atoms with Gasteiger partial charge in [0, 0.05) is 15.6 Å². The molecule has 0 aliphatic heterocycles. The number of aliphatic hydroxyl groups is 1. The lowest BCUT2D eigenvalue weighted by molar-refractivity contribution is 0.00346. The minimum atomic E-state index is -0.988. The standard InChI is InChI=1S/C11H13Cl2NO3/c1-2-8(15)10(17-11(14)16)9-6(12)4-3-5-7(9)13/h3-5,8,10,15H,2H2,1H3,(H2,14,16)/t8-,10+/m0/s1. The van der Waals surface area contributed by atoms with Crippen LogP contribution in [0.25, 0.3) is 0 Å². The van der Waals surface area contributed by atoms with Gasteiger partial charge in [-0.3, -0.25) is 0 Å². The van der Waals surface area contributed by atoms with Crippen molar-refractivity contribution in [2.24, 2.45) is 5.73 Å². The second-order valence-electron chi connectivity index (χ2n) is 3.47. The van der Waals surface area contributed by atoms with Gasteiger partial charge < -0.3 is 15.6 Å². The van der Waals surface area contributed by atoms with Crippen LogP contribution in [0.1, 0.15) is 25.0 Å². The largest absolute Gasteiger partial charge is 0.439 e. The molecule has 4 nitrogen and oxygen atoms in total. The van der Waals surface area contributed by atoms with Crippen molar-refractivity contribution in [1.82, 2.24) is 0 Å². The molecular formula is C11H13Cl2NO3. The number of rotatable bonds is 4. The van der Waals surface area contributed by atoms with Crippen molar-refractivity contribution in [3.05, 3.63) is 33.8 Å². The SMILES string of the molecule is CC[C@H](O)[C@@H](OC(N)=O)c1c(Cl)cccc1Cl. The fourth-order valence-electron chi connectivity index (χ4n) is 1.45. The zero-order chi connectivity index (χ0) is 13.0. The molecule has 1 aromatic carbocycles. The van der Waals surface area contributed by atoms with E-state index in [1.54, 1.807) is 25.1 Å². The molecule has 0 heterocycles. The highest BCUT2D eigenvalue weighted by molar-refractivity contribution is 6.36. The molecule has 0 aliphatic carbocycles. The first kappa shape index (κ1) is 14.1. The van der Waals surface area contributed by atoms with E-state index in [0.29, 0.717) is 22.0 Å². The molecule has 0 spiro atoms. The highest BCUT2D eigenvalue weighted by Gasteiger charge is 2.27. The minimum absolute atomic E-state index is 0.316. The van der Waals surface area contributed by atoms with Crippen LogP contribution in [0.15, 0.2) is 18.2 Å². The third kappa shape index (κ3) is 3.49. The molecule has 0 unspecified atom stereocenters. The first-order chi connectivity index (χ1) is 7.97. The van der Waals surface area contributed by atoms with Crippen molar-refractivity contribution in [1.29, 1.82) is 0 Å². The van der Waals surface area contributed by atoms with E-state index in [9.17, 15) is 9.90 Å². The predicted octanol–water partition coefficient (Wildman–Crippen LogP) is 2.90. The van der Waals surface area contributed by atoms with Crippen molar-refractivity contribution < 1.29 is 14.6 Å². The van der Waals surface area contributed by atoms with Gasteiger partial charge in [-0.25, -0.2) is 4.79 Å². The lowest BCUT2D eigenvalue weighted by Gasteiger charge is -2.23. The van der Waals surface area contributed by atoms with Crippen molar-refractivity contribution in [2.45, 2.75) is 25.6 Å². The Morgan fingerprint density at radius 1 is 1.47 bits per heavy atom. The first-order valence-corrected chi connectivity index (χ1v) is 5.81. The first-order valence-electron chi connectivity index (χ1n) is 5.05. The Kier molecular flexibility index (Phi) is 5.05. The van der Waals surface area contributed by atoms with Crippen molar-refractivity contribution >= 4 is 29.3 Å². The van der Waals surface area contributed by atoms with E-state index in [4.69, 9.17) is 33.7 Å². The van der Waals surface area contributed by atoms with Crippen LogP contribution in [0, 0.1) is 0 Å². The summed E-state index contributed by atoms with van der Waals surface area (Å²) >= 11 is 12.0. The highest BCUT2D eigenvalue weighted by Crippen LogP contribution is 2.35. The Morgan fingerprint density at radius 2 is 2.00 bits per heavy atom. The fourth-order valence-corrected chi connectivity index (χ4v) is 2.06. The van der Waals surface area contributed by atoms with Crippen LogP contribution >= 0.6 is 23.2 Å². The van der Waals surface area contributed by atoms with Crippen LogP contribution < -0.4 is 5.73 Å². The van der Waals surface area contributed by atoms with E-state index in [0.717, 1.165) is 0 Å². The van der Waals surface area contributed by atoms with Crippen LogP contribution in [0.2, 0.25) is 10.0 Å². The summed E-state index contributed by atoms with van der Waals surface area (Å²) in [5.41, 5.74) is 5.33. The summed E-state index contributed by atoms with van der Waals surface area (Å²) < 4.78 is 4.87. The number of halogens is 2. The van der Waals surface area contributed by atoms with E-state index in [1.165, 1.54) is 0 Å². The molecule has 1 amide bonds. The molecule has 0 saturated heterocycles. The summed E-state index contributed by atoms with van der Waals surface area (Å²) in [6, 6.07) is 4.86. The third-order valence-electron chi connectivity index (χ3n) is 2.30. The van der Waals surface area contributed by atoms with E-state index < -0.39 is 18.3 Å². The molecule has 0 bridgehead atoms. The maximum absolute atomic E-state index is 10.8. The molecular weight excluding hydrogens is 265 g/mol. The number of hydrogen-bond donors (Lipinski definition) is 2. The third-order valence-corrected chi connectivity index (χ3v) is 2.95. The van der Waals surface area contributed by atoms with Crippen molar-refractivity contribution in [2.75, 3.05) is 0 Å². The summed E-state index contributed by atoms with van der Waals surface area (Å²) in [4.78, 5) is 10.8. The van der Waals surface area contributed by atoms with Gasteiger partial charge in [0.25, 0.3) is 0 Å². The second kappa shape index (κ2) is 6.10. The minimum Gasteiger partial charge on any atom is -0.439 e. The molecule has 2 atom stereocenters. The fraction of sp³-hybridized carbons (Fsp3) is 0.364. The molecule has 0 radical (unpaired) electrons. The number of hydrogen-bond acceptors (Lipinski definition) is 3. The predicted molar refractivity (Wildman–Crippen MR) is 66.2 cm³/mol. The smallest absolute Gasteiger partial charge is 0.405 e. The Hall–Kier alpha value is -0.970. The lowest BCUT2D eigenvalue weighted by Crippen LogP contribution is -2.26. The molecule has 0 fully saturated rings. The molecule has 0 aromatic heterocycles. The van der Waals surface area contributed by atoms with E-state index in [-0.39, 0.29) is 0 Å². The van der Waals surface area contributed by atoms with E-state index in [2.05, 4.69) is 0 Å². The van der Waals surface area contributed by atoms with Gasteiger partial charge in [-0.15, -0.1) is 0 Å². The summed E-state index contributed by atoms with van der Waals surface area (Å²) in [6.07, 6.45) is -2.49. The van der Waals surface area contributed by atoms with E-state index in [1.807, 2.05) is 0 Å². The number of ether oxygens (including phenoxy) is 1. The molecule has 17 heavy (non-hydrogen) atoms. The summed E-state index contributed by atoms with van der Waals surface area (Å²) in [5.74, 6) is 0. The molecule has 1 rings (SSSR count). The van der Waals surface area contributed by atoms with Crippen LogP contribution in [0.5, 0.6) is 0 Å².